The van der Waals surface area contributed by atoms with E-state index in [0.717, 1.165) is 12.6 Å². The van der Waals surface area contributed by atoms with Gasteiger partial charge in [0.1, 0.15) is 5.69 Å². The lowest BCUT2D eigenvalue weighted by atomic mass is 9.90. The monoisotopic (exact) mass is 276 g/mol. The standard InChI is InChI=1S/C14H20N4O2/c19-12-10-16-11(9-17-12)13(20)15-6-5-14-3-1-7-18(14)8-2-4-14/h9-10H,1-8H2,(H,15,20)(H,17,19). The van der Waals surface area contributed by atoms with Crippen LogP contribution >= 0.6 is 0 Å². The van der Waals surface area contributed by atoms with Gasteiger partial charge in [-0.25, -0.2) is 4.98 Å². The molecule has 0 radical (unpaired) electrons. The fourth-order valence-electron chi connectivity index (χ4n) is 3.60. The highest BCUT2D eigenvalue weighted by Crippen LogP contribution is 2.40. The van der Waals surface area contributed by atoms with E-state index in [-0.39, 0.29) is 17.2 Å². The largest absolute Gasteiger partial charge is 0.351 e. The Hall–Kier alpha value is -1.69. The van der Waals surface area contributed by atoms with Gasteiger partial charge in [0, 0.05) is 18.3 Å². The third-order valence-corrected chi connectivity index (χ3v) is 4.59. The first-order valence-corrected chi connectivity index (χ1v) is 7.28. The van der Waals surface area contributed by atoms with Crippen molar-refractivity contribution in [2.45, 2.75) is 37.6 Å². The van der Waals surface area contributed by atoms with Gasteiger partial charge in [-0.2, -0.15) is 0 Å². The quantitative estimate of drug-likeness (QED) is 0.840. The minimum atomic E-state index is -0.298. The van der Waals surface area contributed by atoms with E-state index in [1.54, 1.807) is 0 Å². The van der Waals surface area contributed by atoms with Crippen LogP contribution < -0.4 is 10.9 Å². The summed E-state index contributed by atoms with van der Waals surface area (Å²) < 4.78 is 0. The third-order valence-electron chi connectivity index (χ3n) is 4.59. The molecule has 0 unspecified atom stereocenters. The van der Waals surface area contributed by atoms with E-state index in [4.69, 9.17) is 0 Å². The molecule has 2 aliphatic rings. The predicted octanol–water partition coefficient (Wildman–Crippen LogP) is 0.518. The Morgan fingerprint density at radius 1 is 1.40 bits per heavy atom. The van der Waals surface area contributed by atoms with Crippen molar-refractivity contribution in [2.75, 3.05) is 19.6 Å². The maximum atomic E-state index is 11.9. The molecule has 20 heavy (non-hydrogen) atoms. The summed E-state index contributed by atoms with van der Waals surface area (Å²) in [7, 11) is 0. The molecule has 2 saturated heterocycles. The number of H-pyrrole nitrogens is 1. The second-order valence-electron chi connectivity index (χ2n) is 5.72. The zero-order valence-electron chi connectivity index (χ0n) is 11.5. The second kappa shape index (κ2) is 5.36. The van der Waals surface area contributed by atoms with Gasteiger partial charge >= 0.3 is 0 Å². The van der Waals surface area contributed by atoms with E-state index in [1.165, 1.54) is 45.0 Å². The molecule has 1 amide bonds. The van der Waals surface area contributed by atoms with Crippen molar-refractivity contribution in [3.8, 4) is 0 Å². The Labute approximate surface area is 117 Å². The summed E-state index contributed by atoms with van der Waals surface area (Å²) in [4.78, 5) is 31.7. The average Bonchev–Trinajstić information content (AvgIpc) is 2.98. The van der Waals surface area contributed by atoms with Crippen LogP contribution in [0.15, 0.2) is 17.2 Å². The highest BCUT2D eigenvalue weighted by atomic mass is 16.2. The molecule has 2 fully saturated rings. The summed E-state index contributed by atoms with van der Waals surface area (Å²) in [6.45, 7) is 3.07. The topological polar surface area (TPSA) is 78.1 Å². The van der Waals surface area contributed by atoms with Crippen LogP contribution in [0.3, 0.4) is 0 Å². The molecule has 0 bridgehead atoms. The molecule has 0 spiro atoms. The Bertz CT molecular complexity index is 524. The summed E-state index contributed by atoms with van der Waals surface area (Å²) in [5.74, 6) is -0.222. The molecule has 0 aliphatic carbocycles. The maximum Gasteiger partial charge on any atom is 0.271 e. The van der Waals surface area contributed by atoms with Crippen LogP contribution in [0.25, 0.3) is 0 Å². The number of amides is 1. The molecule has 0 atom stereocenters. The Balaban J connectivity index is 1.53. The molecule has 0 aromatic carbocycles. The van der Waals surface area contributed by atoms with Gasteiger partial charge in [-0.15, -0.1) is 0 Å². The van der Waals surface area contributed by atoms with Gasteiger partial charge in [0.15, 0.2) is 0 Å². The first kappa shape index (κ1) is 13.3. The minimum absolute atomic E-state index is 0.222. The average molecular weight is 276 g/mol. The summed E-state index contributed by atoms with van der Waals surface area (Å²) in [6, 6.07) is 0. The second-order valence-corrected chi connectivity index (χ2v) is 5.72. The lowest BCUT2D eigenvalue weighted by Crippen LogP contribution is -2.41. The van der Waals surface area contributed by atoms with Gasteiger partial charge in [0.25, 0.3) is 11.5 Å². The number of rotatable bonds is 4. The number of fused-ring (bicyclic) bond motifs is 1. The van der Waals surface area contributed by atoms with Gasteiger partial charge < -0.3 is 10.3 Å². The number of nitrogens with one attached hydrogen (secondary N) is 2. The van der Waals surface area contributed by atoms with Crippen molar-refractivity contribution < 1.29 is 4.79 Å². The molecule has 2 aliphatic heterocycles. The first-order chi connectivity index (χ1) is 9.70. The fraction of sp³-hybridized carbons (Fsp3) is 0.643. The highest BCUT2D eigenvalue weighted by Gasteiger charge is 2.43. The Kier molecular flexibility index (Phi) is 3.56. The Morgan fingerprint density at radius 2 is 2.15 bits per heavy atom. The molecule has 3 heterocycles. The normalized spacial score (nSPS) is 20.8. The Morgan fingerprint density at radius 3 is 2.80 bits per heavy atom. The van der Waals surface area contributed by atoms with Gasteiger partial charge in [0.05, 0.1) is 6.20 Å². The molecular formula is C14H20N4O2. The van der Waals surface area contributed by atoms with Crippen molar-refractivity contribution >= 4 is 5.91 Å². The molecule has 1 aromatic heterocycles. The van der Waals surface area contributed by atoms with Crippen molar-refractivity contribution in [3.05, 3.63) is 28.4 Å². The van der Waals surface area contributed by atoms with E-state index in [2.05, 4.69) is 20.2 Å². The van der Waals surface area contributed by atoms with Crippen LogP contribution in [0.5, 0.6) is 0 Å². The lowest BCUT2D eigenvalue weighted by molar-refractivity contribution is 0.0937. The van der Waals surface area contributed by atoms with E-state index >= 15 is 0 Å². The summed E-state index contributed by atoms with van der Waals surface area (Å²) in [6.07, 6.45) is 8.53. The fourth-order valence-corrected chi connectivity index (χ4v) is 3.60. The molecule has 3 rings (SSSR count). The first-order valence-electron chi connectivity index (χ1n) is 7.28. The van der Waals surface area contributed by atoms with Crippen molar-refractivity contribution in [1.82, 2.24) is 20.2 Å². The molecule has 1 aromatic rings. The number of carbonyl (C=O) groups is 1. The molecule has 0 saturated carbocycles. The zero-order valence-corrected chi connectivity index (χ0v) is 11.5. The molecule has 6 heteroatoms. The molecule has 108 valence electrons. The molecule has 6 nitrogen and oxygen atoms in total. The van der Waals surface area contributed by atoms with Gasteiger partial charge in [-0.1, -0.05) is 0 Å². The van der Waals surface area contributed by atoms with Crippen molar-refractivity contribution in [3.63, 3.8) is 0 Å². The smallest absolute Gasteiger partial charge is 0.271 e. The number of carbonyl (C=O) groups excluding carboxylic acids is 1. The zero-order chi connectivity index (χ0) is 14.0. The summed E-state index contributed by atoms with van der Waals surface area (Å²) >= 11 is 0. The van der Waals surface area contributed by atoms with E-state index < -0.39 is 0 Å². The molecule has 2 N–H and O–H groups in total. The van der Waals surface area contributed by atoms with Crippen LogP contribution in [0.1, 0.15) is 42.6 Å². The van der Waals surface area contributed by atoms with Crippen LogP contribution in [0.2, 0.25) is 0 Å². The van der Waals surface area contributed by atoms with Gasteiger partial charge in [0.2, 0.25) is 0 Å². The minimum Gasteiger partial charge on any atom is -0.351 e. The van der Waals surface area contributed by atoms with E-state index in [9.17, 15) is 9.59 Å². The van der Waals surface area contributed by atoms with Crippen LogP contribution in [0.4, 0.5) is 0 Å². The van der Waals surface area contributed by atoms with Gasteiger partial charge in [-0.3, -0.25) is 14.5 Å². The summed E-state index contributed by atoms with van der Waals surface area (Å²) in [5.41, 5.74) is 0.288. The lowest BCUT2D eigenvalue weighted by Gasteiger charge is -2.32. The van der Waals surface area contributed by atoms with E-state index in [1.807, 2.05) is 0 Å². The van der Waals surface area contributed by atoms with Crippen LogP contribution in [-0.4, -0.2) is 45.9 Å². The number of aromatic nitrogens is 2. The van der Waals surface area contributed by atoms with Crippen molar-refractivity contribution in [1.29, 1.82) is 0 Å². The van der Waals surface area contributed by atoms with Crippen LogP contribution in [-0.2, 0) is 0 Å². The third kappa shape index (κ3) is 2.47. The van der Waals surface area contributed by atoms with E-state index in [0.29, 0.717) is 12.1 Å². The maximum absolute atomic E-state index is 11.9. The predicted molar refractivity (Wildman–Crippen MR) is 74.6 cm³/mol. The summed E-state index contributed by atoms with van der Waals surface area (Å²) in [5, 5.41) is 2.90. The van der Waals surface area contributed by atoms with Gasteiger partial charge in [-0.05, 0) is 45.2 Å². The van der Waals surface area contributed by atoms with Crippen LogP contribution in [0, 0.1) is 0 Å². The highest BCUT2D eigenvalue weighted by molar-refractivity contribution is 5.91. The number of hydrogen-bond acceptors (Lipinski definition) is 4. The number of nitrogens with zero attached hydrogens (tertiary/aromatic N) is 2. The number of aromatic amines is 1. The van der Waals surface area contributed by atoms with Crippen molar-refractivity contribution in [2.24, 2.45) is 0 Å². The SMILES string of the molecule is O=C(NCCC12CCCN1CCC2)c1c[nH]c(=O)cn1. The molecular weight excluding hydrogens is 256 g/mol. The number of hydrogen-bond donors (Lipinski definition) is 2.